The predicted molar refractivity (Wildman–Crippen MR) is 132 cm³/mol. The second-order valence-electron chi connectivity index (χ2n) is 8.37. The molecule has 0 spiro atoms. The van der Waals surface area contributed by atoms with Crippen LogP contribution in [0, 0.1) is 17.6 Å². The lowest BCUT2D eigenvalue weighted by atomic mass is 9.96. The Kier molecular flexibility index (Phi) is 6.82. The first-order valence-corrected chi connectivity index (χ1v) is 13.7. The number of carbonyl (C=O) groups excluding carboxylic acids is 1. The molecule has 12 heteroatoms. The fraction of sp³-hybridized carbons (Fsp3) is 0.250. The van der Waals surface area contributed by atoms with Gasteiger partial charge in [-0.05, 0) is 55.3 Å². The van der Waals surface area contributed by atoms with Gasteiger partial charge in [-0.3, -0.25) is 9.69 Å². The fourth-order valence-corrected chi connectivity index (χ4v) is 6.95. The summed E-state index contributed by atoms with van der Waals surface area (Å²) in [5.74, 6) is -2.10. The standard InChI is InChI=1S/C24H20ClF2N3O4S2/c25-16-3-5-20-21(12-16)35-24(28-20)30(14-18-2-1-11-34-18)23(31)15-7-9-29(10-8-15)36(32,33)22-6-4-17(26)13-19(22)27/h1-6,11-13,15H,7-10,14H2. The molecule has 0 aliphatic carbocycles. The van der Waals surface area contributed by atoms with Crippen molar-refractivity contribution in [2.45, 2.75) is 24.3 Å². The Hall–Kier alpha value is -2.86. The zero-order chi connectivity index (χ0) is 25.4. The van der Waals surface area contributed by atoms with Crippen LogP contribution >= 0.6 is 22.9 Å². The van der Waals surface area contributed by atoms with Gasteiger partial charge in [0, 0.05) is 30.1 Å². The van der Waals surface area contributed by atoms with Gasteiger partial charge in [0.1, 0.15) is 22.3 Å². The molecule has 4 aromatic rings. The van der Waals surface area contributed by atoms with Crippen LogP contribution in [0.15, 0.2) is 64.1 Å². The van der Waals surface area contributed by atoms with Gasteiger partial charge in [0.2, 0.25) is 15.9 Å². The Labute approximate surface area is 215 Å². The molecule has 1 aliphatic heterocycles. The van der Waals surface area contributed by atoms with Crippen LogP contribution in [0.4, 0.5) is 13.9 Å². The van der Waals surface area contributed by atoms with Gasteiger partial charge >= 0.3 is 0 Å². The van der Waals surface area contributed by atoms with E-state index in [0.717, 1.165) is 21.1 Å². The molecule has 5 rings (SSSR count). The van der Waals surface area contributed by atoms with Crippen LogP contribution in [-0.2, 0) is 21.4 Å². The molecule has 0 radical (unpaired) electrons. The van der Waals surface area contributed by atoms with Crippen molar-refractivity contribution < 1.29 is 26.4 Å². The number of piperidine rings is 1. The number of anilines is 1. The molecule has 1 fully saturated rings. The van der Waals surface area contributed by atoms with Gasteiger partial charge in [-0.2, -0.15) is 4.31 Å². The van der Waals surface area contributed by atoms with E-state index in [2.05, 4.69) is 4.98 Å². The van der Waals surface area contributed by atoms with Crippen molar-refractivity contribution in [3.63, 3.8) is 0 Å². The number of hydrogen-bond acceptors (Lipinski definition) is 6. The summed E-state index contributed by atoms with van der Waals surface area (Å²) < 4.78 is 60.7. The third kappa shape index (κ3) is 4.88. The first-order valence-electron chi connectivity index (χ1n) is 11.1. The van der Waals surface area contributed by atoms with Crippen molar-refractivity contribution in [3.8, 4) is 0 Å². The van der Waals surface area contributed by atoms with Crippen molar-refractivity contribution in [2.75, 3.05) is 18.0 Å². The molecule has 2 aromatic carbocycles. The minimum atomic E-state index is -4.16. The van der Waals surface area contributed by atoms with E-state index in [1.165, 1.54) is 17.6 Å². The molecule has 1 saturated heterocycles. The number of sulfonamides is 1. The highest BCUT2D eigenvalue weighted by atomic mass is 35.5. The normalized spacial score (nSPS) is 15.4. The summed E-state index contributed by atoms with van der Waals surface area (Å²) in [6.07, 6.45) is 2.01. The molecule has 0 saturated carbocycles. The third-order valence-corrected chi connectivity index (χ3v) is 9.25. The van der Waals surface area contributed by atoms with Gasteiger partial charge in [-0.15, -0.1) is 0 Å². The first-order chi connectivity index (χ1) is 17.2. The van der Waals surface area contributed by atoms with Crippen molar-refractivity contribution >= 4 is 54.2 Å². The van der Waals surface area contributed by atoms with Crippen LogP contribution in [-0.4, -0.2) is 36.7 Å². The predicted octanol–water partition coefficient (Wildman–Crippen LogP) is 5.46. The topological polar surface area (TPSA) is 83.7 Å². The van der Waals surface area contributed by atoms with Gasteiger partial charge in [-0.25, -0.2) is 22.2 Å². The molecule has 7 nitrogen and oxygen atoms in total. The lowest BCUT2D eigenvalue weighted by molar-refractivity contribution is -0.123. The van der Waals surface area contributed by atoms with E-state index in [1.807, 2.05) is 0 Å². The number of hydrogen-bond donors (Lipinski definition) is 0. The number of fused-ring (bicyclic) bond motifs is 1. The van der Waals surface area contributed by atoms with Gasteiger partial charge < -0.3 is 4.42 Å². The maximum atomic E-state index is 14.2. The Morgan fingerprint density at radius 3 is 2.64 bits per heavy atom. The third-order valence-electron chi connectivity index (χ3n) is 6.05. The van der Waals surface area contributed by atoms with Crippen molar-refractivity contribution in [3.05, 3.63) is 77.2 Å². The summed E-state index contributed by atoms with van der Waals surface area (Å²) in [5.41, 5.74) is 0.707. The summed E-state index contributed by atoms with van der Waals surface area (Å²) in [5, 5.41) is 1.05. The minimum Gasteiger partial charge on any atom is -0.467 e. The monoisotopic (exact) mass is 551 g/mol. The van der Waals surface area contributed by atoms with E-state index in [-0.39, 0.29) is 38.4 Å². The summed E-state index contributed by atoms with van der Waals surface area (Å²) >= 11 is 7.43. The summed E-state index contributed by atoms with van der Waals surface area (Å²) in [6, 6.07) is 11.2. The highest BCUT2D eigenvalue weighted by Gasteiger charge is 2.36. The highest BCUT2D eigenvalue weighted by Crippen LogP contribution is 2.34. The Morgan fingerprint density at radius 2 is 1.94 bits per heavy atom. The van der Waals surface area contributed by atoms with Crippen LogP contribution in [0.1, 0.15) is 18.6 Å². The van der Waals surface area contributed by atoms with Crippen molar-refractivity contribution in [1.82, 2.24) is 9.29 Å². The molecule has 0 bridgehead atoms. The molecule has 36 heavy (non-hydrogen) atoms. The molecule has 188 valence electrons. The smallest absolute Gasteiger partial charge is 0.245 e. The van der Waals surface area contributed by atoms with E-state index < -0.39 is 32.5 Å². The number of furan rings is 1. The van der Waals surface area contributed by atoms with Gasteiger partial charge in [0.15, 0.2) is 5.13 Å². The number of thiazole rings is 1. The summed E-state index contributed by atoms with van der Waals surface area (Å²) in [4.78, 5) is 19.2. The number of aromatic nitrogens is 1. The minimum absolute atomic E-state index is 0.0274. The van der Waals surface area contributed by atoms with E-state index in [1.54, 1.807) is 35.2 Å². The van der Waals surface area contributed by atoms with Crippen LogP contribution in [0.5, 0.6) is 0 Å². The highest BCUT2D eigenvalue weighted by molar-refractivity contribution is 7.89. The van der Waals surface area contributed by atoms with Crippen LogP contribution in [0.3, 0.4) is 0 Å². The molecular formula is C24H20ClF2N3O4S2. The largest absolute Gasteiger partial charge is 0.467 e. The van der Waals surface area contributed by atoms with E-state index >= 15 is 0 Å². The maximum absolute atomic E-state index is 14.2. The molecular weight excluding hydrogens is 532 g/mol. The van der Waals surface area contributed by atoms with Crippen LogP contribution in [0.2, 0.25) is 5.02 Å². The molecule has 0 unspecified atom stereocenters. The van der Waals surface area contributed by atoms with E-state index in [9.17, 15) is 22.0 Å². The quantitative estimate of drug-likeness (QED) is 0.318. The van der Waals surface area contributed by atoms with Crippen molar-refractivity contribution in [1.29, 1.82) is 0 Å². The zero-order valence-electron chi connectivity index (χ0n) is 18.7. The fourth-order valence-electron chi connectivity index (χ4n) is 4.19. The SMILES string of the molecule is O=C(C1CCN(S(=O)(=O)c2ccc(F)cc2F)CC1)N(Cc1ccco1)c1nc2ccc(Cl)cc2s1. The maximum Gasteiger partial charge on any atom is 0.245 e. The lowest BCUT2D eigenvalue weighted by Gasteiger charge is -2.32. The number of benzene rings is 2. The average molecular weight is 552 g/mol. The zero-order valence-corrected chi connectivity index (χ0v) is 21.1. The molecule has 3 heterocycles. The molecule has 0 N–H and O–H groups in total. The number of halogens is 3. The van der Waals surface area contributed by atoms with Gasteiger partial charge in [-0.1, -0.05) is 22.9 Å². The Bertz CT molecular complexity index is 1520. The van der Waals surface area contributed by atoms with Gasteiger partial charge in [0.05, 0.1) is 23.0 Å². The van der Waals surface area contributed by atoms with Crippen LogP contribution in [0.25, 0.3) is 10.2 Å². The lowest BCUT2D eigenvalue weighted by Crippen LogP contribution is -2.44. The van der Waals surface area contributed by atoms with Gasteiger partial charge in [0.25, 0.3) is 0 Å². The Balaban J connectivity index is 1.36. The molecule has 1 amide bonds. The summed E-state index contributed by atoms with van der Waals surface area (Å²) in [6.45, 7) is 0.220. The first kappa shape index (κ1) is 24.8. The average Bonchev–Trinajstić information content (AvgIpc) is 3.51. The van der Waals surface area contributed by atoms with E-state index in [4.69, 9.17) is 16.0 Å². The second kappa shape index (κ2) is 9.89. The van der Waals surface area contributed by atoms with Crippen LogP contribution < -0.4 is 4.90 Å². The molecule has 2 aromatic heterocycles. The second-order valence-corrected chi connectivity index (χ2v) is 11.7. The van der Waals surface area contributed by atoms with E-state index in [0.29, 0.717) is 27.5 Å². The Morgan fingerprint density at radius 1 is 1.17 bits per heavy atom. The summed E-state index contributed by atoms with van der Waals surface area (Å²) in [7, 11) is -4.16. The molecule has 1 aliphatic rings. The number of amides is 1. The molecule has 0 atom stereocenters. The number of rotatable bonds is 6. The van der Waals surface area contributed by atoms with Crippen molar-refractivity contribution in [2.24, 2.45) is 5.92 Å². The number of carbonyl (C=O) groups is 1. The number of nitrogens with zero attached hydrogens (tertiary/aromatic N) is 3.